The van der Waals surface area contributed by atoms with Gasteiger partial charge in [0.1, 0.15) is 4.90 Å². The van der Waals surface area contributed by atoms with Crippen molar-refractivity contribution in [2.45, 2.75) is 4.90 Å². The van der Waals surface area contributed by atoms with E-state index in [9.17, 15) is 8.42 Å². The van der Waals surface area contributed by atoms with Crippen LogP contribution in [-0.2, 0) is 10.0 Å². The minimum Gasteiger partial charge on any atom is -0.207 e. The summed E-state index contributed by atoms with van der Waals surface area (Å²) in [6, 6.07) is 4.46. The summed E-state index contributed by atoms with van der Waals surface area (Å²) in [6.07, 6.45) is 0. The van der Waals surface area contributed by atoms with Crippen molar-refractivity contribution >= 4 is 45.0 Å². The Morgan fingerprint density at radius 3 is 2.69 bits per heavy atom. The van der Waals surface area contributed by atoms with Gasteiger partial charge in [-0.15, -0.1) is 11.8 Å². The highest BCUT2D eigenvalue weighted by molar-refractivity contribution is 8.00. The molecule has 0 bridgehead atoms. The van der Waals surface area contributed by atoms with Gasteiger partial charge in [-0.25, -0.2) is 8.42 Å². The van der Waals surface area contributed by atoms with E-state index in [0.29, 0.717) is 17.4 Å². The van der Waals surface area contributed by atoms with E-state index < -0.39 is 10.0 Å². The van der Waals surface area contributed by atoms with E-state index in [1.54, 1.807) is 17.8 Å². The van der Waals surface area contributed by atoms with Crippen LogP contribution in [0.15, 0.2) is 23.1 Å². The largest absolute Gasteiger partial charge is 0.245 e. The molecule has 1 aliphatic heterocycles. The van der Waals surface area contributed by atoms with Gasteiger partial charge in [0.05, 0.1) is 10.9 Å². The van der Waals surface area contributed by atoms with Crippen molar-refractivity contribution in [2.24, 2.45) is 0 Å². The number of rotatable bonds is 2. The summed E-state index contributed by atoms with van der Waals surface area (Å²) >= 11 is 13.3. The van der Waals surface area contributed by atoms with Crippen molar-refractivity contribution in [2.75, 3.05) is 18.2 Å². The molecule has 1 aliphatic rings. The van der Waals surface area contributed by atoms with Crippen molar-refractivity contribution < 1.29 is 8.42 Å². The van der Waals surface area contributed by atoms with Crippen LogP contribution < -0.4 is 0 Å². The second kappa shape index (κ2) is 4.74. The summed E-state index contributed by atoms with van der Waals surface area (Å²) in [5.41, 5.74) is 0. The topological polar surface area (TPSA) is 37.4 Å². The first-order valence-corrected chi connectivity index (χ1v) is 7.90. The zero-order valence-electron chi connectivity index (χ0n) is 8.19. The third kappa shape index (κ3) is 2.33. The van der Waals surface area contributed by atoms with Gasteiger partial charge in [-0.1, -0.05) is 23.2 Å². The van der Waals surface area contributed by atoms with Gasteiger partial charge in [0.15, 0.2) is 0 Å². The summed E-state index contributed by atoms with van der Waals surface area (Å²) in [5, 5.41) is 0.580. The van der Waals surface area contributed by atoms with Gasteiger partial charge in [0, 0.05) is 17.3 Å². The van der Waals surface area contributed by atoms with Crippen LogP contribution in [0, 0.1) is 0 Å². The van der Waals surface area contributed by atoms with E-state index in [1.807, 2.05) is 0 Å². The van der Waals surface area contributed by atoms with Gasteiger partial charge in [0.25, 0.3) is 0 Å². The lowest BCUT2D eigenvalue weighted by Gasteiger charge is -2.15. The van der Waals surface area contributed by atoms with Gasteiger partial charge in [0.2, 0.25) is 10.0 Å². The molecule has 0 saturated carbocycles. The maximum atomic E-state index is 12.2. The molecule has 1 heterocycles. The Bertz CT molecular complexity index is 498. The van der Waals surface area contributed by atoms with Crippen LogP contribution >= 0.6 is 35.0 Å². The van der Waals surface area contributed by atoms with Gasteiger partial charge >= 0.3 is 0 Å². The van der Waals surface area contributed by atoms with Crippen molar-refractivity contribution in [1.82, 2.24) is 4.31 Å². The zero-order valence-corrected chi connectivity index (χ0v) is 11.3. The standard InChI is InChI=1S/C9H9Cl2NO2S2/c10-7-1-2-8(11)9(5-7)16(13,14)12-3-4-15-6-12/h1-2,5H,3-4,6H2. The molecule has 16 heavy (non-hydrogen) atoms. The molecular weight excluding hydrogens is 289 g/mol. The summed E-state index contributed by atoms with van der Waals surface area (Å²) in [7, 11) is -3.50. The minimum atomic E-state index is -3.50. The lowest BCUT2D eigenvalue weighted by molar-refractivity contribution is 0.489. The van der Waals surface area contributed by atoms with Gasteiger partial charge in [-0.05, 0) is 18.2 Å². The fourth-order valence-corrected chi connectivity index (χ4v) is 4.95. The number of benzene rings is 1. The monoisotopic (exact) mass is 297 g/mol. The predicted molar refractivity (Wildman–Crippen MR) is 67.7 cm³/mol. The predicted octanol–water partition coefficient (Wildman–Crippen LogP) is 2.69. The molecule has 7 heteroatoms. The quantitative estimate of drug-likeness (QED) is 0.842. The number of sulfonamides is 1. The van der Waals surface area contributed by atoms with Crippen LogP contribution in [0.4, 0.5) is 0 Å². The molecule has 0 unspecified atom stereocenters. The molecule has 1 saturated heterocycles. The summed E-state index contributed by atoms with van der Waals surface area (Å²) in [4.78, 5) is 0.0872. The maximum Gasteiger partial charge on any atom is 0.245 e. The van der Waals surface area contributed by atoms with E-state index in [1.165, 1.54) is 16.4 Å². The Balaban J connectivity index is 2.46. The fourth-order valence-electron chi connectivity index (χ4n) is 1.40. The average molecular weight is 298 g/mol. The third-order valence-electron chi connectivity index (χ3n) is 2.23. The van der Waals surface area contributed by atoms with Crippen LogP contribution in [0.2, 0.25) is 10.0 Å². The smallest absolute Gasteiger partial charge is 0.207 e. The van der Waals surface area contributed by atoms with Gasteiger partial charge in [-0.3, -0.25) is 0 Å². The lowest BCUT2D eigenvalue weighted by Crippen LogP contribution is -2.28. The second-order valence-electron chi connectivity index (χ2n) is 3.29. The van der Waals surface area contributed by atoms with E-state index in [4.69, 9.17) is 23.2 Å². The minimum absolute atomic E-state index is 0.0872. The van der Waals surface area contributed by atoms with Crippen LogP contribution in [-0.4, -0.2) is 30.9 Å². The van der Waals surface area contributed by atoms with E-state index in [2.05, 4.69) is 0 Å². The highest BCUT2D eigenvalue weighted by Gasteiger charge is 2.29. The molecule has 0 aliphatic carbocycles. The van der Waals surface area contributed by atoms with Crippen LogP contribution in [0.3, 0.4) is 0 Å². The van der Waals surface area contributed by atoms with Crippen LogP contribution in [0.1, 0.15) is 0 Å². The zero-order chi connectivity index (χ0) is 11.8. The molecule has 3 nitrogen and oxygen atoms in total. The Morgan fingerprint density at radius 2 is 2.06 bits per heavy atom. The molecule has 1 aromatic rings. The first kappa shape index (κ1) is 12.5. The molecule has 88 valence electrons. The van der Waals surface area contributed by atoms with Crippen molar-refractivity contribution in [1.29, 1.82) is 0 Å². The highest BCUT2D eigenvalue weighted by Crippen LogP contribution is 2.30. The Hall–Kier alpha value is 0.0600. The summed E-state index contributed by atoms with van der Waals surface area (Å²) < 4.78 is 25.8. The van der Waals surface area contributed by atoms with Crippen molar-refractivity contribution in [3.63, 3.8) is 0 Å². The number of thioether (sulfide) groups is 1. The maximum absolute atomic E-state index is 12.2. The van der Waals surface area contributed by atoms with Crippen molar-refractivity contribution in [3.05, 3.63) is 28.2 Å². The molecule has 0 spiro atoms. The molecule has 0 radical (unpaired) electrons. The normalized spacial score (nSPS) is 17.9. The molecular formula is C9H9Cl2NO2S2. The number of nitrogens with zero attached hydrogens (tertiary/aromatic N) is 1. The summed E-state index contributed by atoms with van der Waals surface area (Å²) in [5.74, 6) is 1.29. The van der Waals surface area contributed by atoms with Crippen LogP contribution in [0.25, 0.3) is 0 Å². The third-order valence-corrected chi connectivity index (χ3v) is 5.92. The molecule has 0 aromatic heterocycles. The van der Waals surface area contributed by atoms with E-state index in [-0.39, 0.29) is 9.92 Å². The molecule has 2 rings (SSSR count). The molecule has 0 atom stereocenters. The molecule has 0 N–H and O–H groups in total. The van der Waals surface area contributed by atoms with E-state index >= 15 is 0 Å². The van der Waals surface area contributed by atoms with Crippen LogP contribution in [0.5, 0.6) is 0 Å². The second-order valence-corrected chi connectivity index (χ2v) is 7.12. The first-order chi connectivity index (χ1) is 7.51. The van der Waals surface area contributed by atoms with Gasteiger partial charge < -0.3 is 0 Å². The van der Waals surface area contributed by atoms with E-state index in [0.717, 1.165) is 5.75 Å². The average Bonchev–Trinajstić information content (AvgIpc) is 2.75. The van der Waals surface area contributed by atoms with Gasteiger partial charge in [-0.2, -0.15) is 4.31 Å². The number of halogens is 2. The Kier molecular flexibility index (Phi) is 3.71. The fraction of sp³-hybridized carbons (Fsp3) is 0.333. The first-order valence-electron chi connectivity index (χ1n) is 4.55. The molecule has 1 fully saturated rings. The Labute approximate surface area is 109 Å². The highest BCUT2D eigenvalue weighted by atomic mass is 35.5. The number of hydrogen-bond donors (Lipinski definition) is 0. The molecule has 0 amide bonds. The lowest BCUT2D eigenvalue weighted by atomic mass is 10.4. The summed E-state index contributed by atoms with van der Waals surface area (Å²) in [6.45, 7) is 0.524. The SMILES string of the molecule is O=S(=O)(c1cc(Cl)ccc1Cl)N1CCSC1. The molecule has 1 aromatic carbocycles. The Morgan fingerprint density at radius 1 is 1.31 bits per heavy atom. The van der Waals surface area contributed by atoms with Crippen molar-refractivity contribution in [3.8, 4) is 0 Å². The number of hydrogen-bond acceptors (Lipinski definition) is 3.